The molecule has 0 spiro atoms. The zero-order valence-corrected chi connectivity index (χ0v) is 9.60. The third-order valence-corrected chi connectivity index (χ3v) is 3.68. The summed E-state index contributed by atoms with van der Waals surface area (Å²) in [5.41, 5.74) is 0.269. The molecule has 1 heterocycles. The van der Waals surface area contributed by atoms with Gasteiger partial charge in [0.2, 0.25) is 0 Å². The largest absolute Gasteiger partial charge is 0.293 e. The molecule has 2 atom stereocenters. The molecular weight excluding hydrogens is 194 g/mol. The number of Topliss-reactive ketones (excluding diaryl/α,β-unsaturated/α-hetero) is 1. The van der Waals surface area contributed by atoms with E-state index < -0.39 is 0 Å². The van der Waals surface area contributed by atoms with Crippen LogP contribution in [0.3, 0.4) is 0 Å². The van der Waals surface area contributed by atoms with Gasteiger partial charge >= 0.3 is 0 Å². The molecule has 2 unspecified atom stereocenters. The van der Waals surface area contributed by atoms with Gasteiger partial charge in [-0.1, -0.05) is 20.8 Å². The van der Waals surface area contributed by atoms with E-state index in [1.165, 1.54) is 11.5 Å². The van der Waals surface area contributed by atoms with E-state index in [0.717, 1.165) is 11.3 Å². The number of ketones is 1. The number of nitrogens with zero attached hydrogens (tertiary/aromatic N) is 1. The van der Waals surface area contributed by atoms with Gasteiger partial charge in [0.25, 0.3) is 0 Å². The molecule has 3 heteroatoms. The standard InChI is InChI=1S/C11H15NOS/c1-11(2,3)8-6-7(8)10(13)9-4-5-12-14-9/h4-5,7-8H,6H2,1-3H3. The number of carbonyl (C=O) groups is 1. The lowest BCUT2D eigenvalue weighted by Crippen LogP contribution is -2.12. The summed E-state index contributed by atoms with van der Waals surface area (Å²) in [7, 11) is 0. The van der Waals surface area contributed by atoms with E-state index in [1.807, 2.05) is 6.07 Å². The molecule has 0 bridgehead atoms. The van der Waals surface area contributed by atoms with Crippen LogP contribution in [-0.2, 0) is 0 Å². The molecule has 2 rings (SSSR count). The molecule has 1 aromatic heterocycles. The van der Waals surface area contributed by atoms with E-state index in [9.17, 15) is 4.79 Å². The van der Waals surface area contributed by atoms with Gasteiger partial charge in [-0.3, -0.25) is 4.79 Å². The van der Waals surface area contributed by atoms with Crippen LogP contribution >= 0.6 is 11.5 Å². The summed E-state index contributed by atoms with van der Waals surface area (Å²) >= 11 is 1.31. The van der Waals surface area contributed by atoms with Crippen LogP contribution in [0.15, 0.2) is 12.3 Å². The van der Waals surface area contributed by atoms with Gasteiger partial charge in [0, 0.05) is 12.1 Å². The SMILES string of the molecule is CC(C)(C)C1CC1C(=O)c1ccns1. The number of carbonyl (C=O) groups excluding carboxylic acids is 1. The number of hydrogen-bond acceptors (Lipinski definition) is 3. The molecular formula is C11H15NOS. The first-order chi connectivity index (χ1) is 6.50. The summed E-state index contributed by atoms with van der Waals surface area (Å²) < 4.78 is 3.96. The normalized spacial score (nSPS) is 26.2. The molecule has 0 radical (unpaired) electrons. The number of hydrogen-bond donors (Lipinski definition) is 0. The second kappa shape index (κ2) is 3.16. The van der Waals surface area contributed by atoms with Crippen molar-refractivity contribution in [1.29, 1.82) is 0 Å². The quantitative estimate of drug-likeness (QED) is 0.701. The van der Waals surface area contributed by atoms with Gasteiger partial charge in [0.1, 0.15) is 0 Å². The Balaban J connectivity index is 2.04. The zero-order chi connectivity index (χ0) is 10.3. The fourth-order valence-electron chi connectivity index (χ4n) is 1.97. The summed E-state index contributed by atoms with van der Waals surface area (Å²) in [5, 5.41) is 0. The van der Waals surface area contributed by atoms with Crippen molar-refractivity contribution in [2.24, 2.45) is 17.3 Å². The highest BCUT2D eigenvalue weighted by Gasteiger charge is 2.49. The molecule has 0 N–H and O–H groups in total. The van der Waals surface area contributed by atoms with E-state index >= 15 is 0 Å². The minimum atomic E-state index is 0.260. The van der Waals surface area contributed by atoms with Gasteiger partial charge in [0.05, 0.1) is 4.88 Å². The summed E-state index contributed by atoms with van der Waals surface area (Å²) in [5.74, 6) is 1.12. The van der Waals surface area contributed by atoms with Crippen LogP contribution in [0.1, 0.15) is 36.9 Å². The second-order valence-electron chi connectivity index (χ2n) is 5.06. The lowest BCUT2D eigenvalue weighted by Gasteiger charge is -2.17. The maximum atomic E-state index is 11.9. The Hall–Kier alpha value is -0.700. The van der Waals surface area contributed by atoms with Crippen molar-refractivity contribution in [2.45, 2.75) is 27.2 Å². The first-order valence-electron chi connectivity index (χ1n) is 4.95. The molecule has 0 aliphatic heterocycles. The van der Waals surface area contributed by atoms with Crippen molar-refractivity contribution in [3.63, 3.8) is 0 Å². The molecule has 1 aromatic rings. The van der Waals surface area contributed by atoms with Crippen molar-refractivity contribution in [2.75, 3.05) is 0 Å². The van der Waals surface area contributed by atoms with Crippen LogP contribution in [0.4, 0.5) is 0 Å². The van der Waals surface area contributed by atoms with Crippen LogP contribution in [0.5, 0.6) is 0 Å². The molecule has 2 nitrogen and oxygen atoms in total. The average molecular weight is 209 g/mol. The zero-order valence-electron chi connectivity index (χ0n) is 8.78. The van der Waals surface area contributed by atoms with E-state index in [2.05, 4.69) is 25.1 Å². The van der Waals surface area contributed by atoms with Crippen molar-refractivity contribution in [1.82, 2.24) is 4.37 Å². The monoisotopic (exact) mass is 209 g/mol. The summed E-state index contributed by atoms with van der Waals surface area (Å²) in [6.45, 7) is 6.62. The first-order valence-corrected chi connectivity index (χ1v) is 5.72. The fourth-order valence-corrected chi connectivity index (χ4v) is 2.57. The van der Waals surface area contributed by atoms with Crippen molar-refractivity contribution in [3.8, 4) is 0 Å². The average Bonchev–Trinajstić information content (AvgIpc) is 2.72. The number of rotatable bonds is 2. The highest BCUT2D eigenvalue weighted by molar-refractivity contribution is 7.08. The second-order valence-corrected chi connectivity index (χ2v) is 5.89. The summed E-state index contributed by atoms with van der Waals surface area (Å²) in [6, 6.07) is 1.82. The van der Waals surface area contributed by atoms with E-state index in [0.29, 0.717) is 11.7 Å². The topological polar surface area (TPSA) is 30.0 Å². The highest BCUT2D eigenvalue weighted by Crippen LogP contribution is 2.52. The van der Waals surface area contributed by atoms with E-state index in [1.54, 1.807) is 6.20 Å². The maximum absolute atomic E-state index is 11.9. The van der Waals surface area contributed by atoms with Gasteiger partial charge in [-0.05, 0) is 35.4 Å². The summed E-state index contributed by atoms with van der Waals surface area (Å²) in [4.78, 5) is 12.7. The predicted molar refractivity (Wildman–Crippen MR) is 57.5 cm³/mol. The smallest absolute Gasteiger partial charge is 0.177 e. The van der Waals surface area contributed by atoms with E-state index in [-0.39, 0.29) is 11.3 Å². The van der Waals surface area contributed by atoms with Gasteiger partial charge in [-0.15, -0.1) is 0 Å². The molecule has 0 amide bonds. The Morgan fingerprint density at radius 1 is 1.57 bits per heavy atom. The van der Waals surface area contributed by atoms with Crippen LogP contribution in [-0.4, -0.2) is 10.2 Å². The lowest BCUT2D eigenvalue weighted by molar-refractivity contribution is 0.0953. The highest BCUT2D eigenvalue weighted by atomic mass is 32.1. The van der Waals surface area contributed by atoms with Crippen molar-refractivity contribution in [3.05, 3.63) is 17.1 Å². The molecule has 0 saturated heterocycles. The maximum Gasteiger partial charge on any atom is 0.177 e. The molecule has 1 aliphatic carbocycles. The fraction of sp³-hybridized carbons (Fsp3) is 0.636. The minimum absolute atomic E-state index is 0.260. The Labute approximate surface area is 88.5 Å². The summed E-state index contributed by atoms with van der Waals surface area (Å²) in [6.07, 6.45) is 2.76. The first kappa shape index (κ1) is 9.84. The third-order valence-electron chi connectivity index (χ3n) is 2.92. The van der Waals surface area contributed by atoms with Gasteiger partial charge in [-0.2, -0.15) is 0 Å². The van der Waals surface area contributed by atoms with Crippen LogP contribution < -0.4 is 0 Å². The van der Waals surface area contributed by atoms with Gasteiger partial charge in [0.15, 0.2) is 5.78 Å². The Bertz CT molecular complexity index is 337. The van der Waals surface area contributed by atoms with Crippen LogP contribution in [0.25, 0.3) is 0 Å². The Morgan fingerprint density at radius 2 is 2.29 bits per heavy atom. The molecule has 1 aliphatic rings. The van der Waals surface area contributed by atoms with Gasteiger partial charge in [-0.25, -0.2) is 4.37 Å². The van der Waals surface area contributed by atoms with Crippen LogP contribution in [0, 0.1) is 17.3 Å². The molecule has 76 valence electrons. The van der Waals surface area contributed by atoms with Crippen LogP contribution in [0.2, 0.25) is 0 Å². The molecule has 14 heavy (non-hydrogen) atoms. The lowest BCUT2D eigenvalue weighted by atomic mass is 9.88. The van der Waals surface area contributed by atoms with E-state index in [4.69, 9.17) is 0 Å². The predicted octanol–water partition coefficient (Wildman–Crippen LogP) is 3.01. The van der Waals surface area contributed by atoms with Crippen molar-refractivity contribution >= 4 is 17.3 Å². The minimum Gasteiger partial charge on any atom is -0.293 e. The molecule has 1 fully saturated rings. The molecule has 1 saturated carbocycles. The third kappa shape index (κ3) is 1.73. The van der Waals surface area contributed by atoms with Gasteiger partial charge < -0.3 is 0 Å². The van der Waals surface area contributed by atoms with Crippen molar-refractivity contribution < 1.29 is 4.79 Å². The number of aromatic nitrogens is 1. The molecule has 0 aromatic carbocycles. The Kier molecular flexibility index (Phi) is 2.22. The Morgan fingerprint density at radius 3 is 2.71 bits per heavy atom.